The van der Waals surface area contributed by atoms with Gasteiger partial charge in [-0.25, -0.2) is 0 Å². The van der Waals surface area contributed by atoms with Crippen LogP contribution in [0.2, 0.25) is 0 Å². The number of hydrogen-bond donors (Lipinski definition) is 1. The Morgan fingerprint density at radius 2 is 2.20 bits per heavy atom. The Morgan fingerprint density at radius 1 is 1.40 bits per heavy atom. The zero-order valence-corrected chi connectivity index (χ0v) is 13.8. The molecule has 2 aliphatic rings. The maximum atomic E-state index is 12.1. The molecule has 1 fully saturated rings. The van der Waals surface area contributed by atoms with Gasteiger partial charge in [-0.15, -0.1) is 12.4 Å². The molecule has 110 valence electrons. The minimum absolute atomic E-state index is 0. The van der Waals surface area contributed by atoms with Gasteiger partial charge in [0.15, 0.2) is 0 Å². The third kappa shape index (κ3) is 3.74. The number of carbonyl (C=O) groups is 1. The molecule has 5 heteroatoms. The molecule has 20 heavy (non-hydrogen) atoms. The summed E-state index contributed by atoms with van der Waals surface area (Å²) in [7, 11) is 0. The number of nitrogens with zero attached hydrogens (tertiary/aromatic N) is 1. The molecule has 0 atom stereocenters. The molecule has 3 rings (SSSR count). The Balaban J connectivity index is 0.00000147. The van der Waals surface area contributed by atoms with Crippen molar-refractivity contribution in [3.63, 3.8) is 0 Å². The van der Waals surface area contributed by atoms with E-state index >= 15 is 0 Å². The van der Waals surface area contributed by atoms with Crippen molar-refractivity contribution in [2.24, 2.45) is 5.92 Å². The maximum absolute atomic E-state index is 12.1. The van der Waals surface area contributed by atoms with Gasteiger partial charge in [-0.05, 0) is 48.9 Å². The average molecular weight is 360 g/mol. The summed E-state index contributed by atoms with van der Waals surface area (Å²) in [5, 5.41) is 3.28. The smallest absolute Gasteiger partial charge is 0.236 e. The monoisotopic (exact) mass is 358 g/mol. The maximum Gasteiger partial charge on any atom is 0.236 e. The second-order valence-corrected chi connectivity index (χ2v) is 6.37. The van der Waals surface area contributed by atoms with Gasteiger partial charge in [0.05, 0.1) is 6.54 Å². The largest absolute Gasteiger partial charge is 0.337 e. The van der Waals surface area contributed by atoms with Crippen LogP contribution in [0.5, 0.6) is 0 Å². The van der Waals surface area contributed by atoms with Gasteiger partial charge < -0.3 is 10.2 Å². The van der Waals surface area contributed by atoms with Crippen LogP contribution in [-0.4, -0.2) is 30.4 Å². The molecule has 0 saturated heterocycles. The SMILES string of the molecule is Cl.O=C(CNCC1CC1)N1CCc2c(Br)cccc2C1. The summed E-state index contributed by atoms with van der Waals surface area (Å²) < 4.78 is 1.17. The molecular weight excluding hydrogens is 340 g/mol. The van der Waals surface area contributed by atoms with Crippen LogP contribution in [0.15, 0.2) is 22.7 Å². The molecule has 0 bridgehead atoms. The Morgan fingerprint density at radius 3 is 2.95 bits per heavy atom. The van der Waals surface area contributed by atoms with Gasteiger partial charge in [-0.1, -0.05) is 28.1 Å². The first-order valence-corrected chi connectivity index (χ1v) is 7.78. The van der Waals surface area contributed by atoms with Crippen LogP contribution in [0, 0.1) is 5.92 Å². The highest BCUT2D eigenvalue weighted by atomic mass is 79.9. The number of fused-ring (bicyclic) bond motifs is 1. The molecule has 1 N–H and O–H groups in total. The molecule has 1 aliphatic heterocycles. The van der Waals surface area contributed by atoms with Crippen molar-refractivity contribution in [2.45, 2.75) is 25.8 Å². The molecular formula is C15H20BrClN2O. The van der Waals surface area contributed by atoms with Crippen molar-refractivity contribution in [1.82, 2.24) is 10.2 Å². The normalized spacial score (nSPS) is 17.4. The first-order chi connectivity index (χ1) is 9.24. The lowest BCUT2D eigenvalue weighted by molar-refractivity contribution is -0.131. The number of rotatable bonds is 4. The lowest BCUT2D eigenvalue weighted by Crippen LogP contribution is -2.41. The van der Waals surface area contributed by atoms with E-state index in [-0.39, 0.29) is 18.3 Å². The highest BCUT2D eigenvalue weighted by Gasteiger charge is 2.23. The predicted molar refractivity (Wildman–Crippen MR) is 86.1 cm³/mol. The second-order valence-electron chi connectivity index (χ2n) is 5.52. The summed E-state index contributed by atoms with van der Waals surface area (Å²) in [6.45, 7) is 3.07. The topological polar surface area (TPSA) is 32.3 Å². The van der Waals surface area contributed by atoms with Crippen LogP contribution in [0.25, 0.3) is 0 Å². The minimum atomic E-state index is 0. The summed E-state index contributed by atoms with van der Waals surface area (Å²) in [6, 6.07) is 6.24. The molecule has 1 aliphatic carbocycles. The molecule has 0 spiro atoms. The van der Waals surface area contributed by atoms with Crippen molar-refractivity contribution in [1.29, 1.82) is 0 Å². The lowest BCUT2D eigenvalue weighted by Gasteiger charge is -2.29. The van der Waals surface area contributed by atoms with Crippen molar-refractivity contribution >= 4 is 34.2 Å². The van der Waals surface area contributed by atoms with Crippen molar-refractivity contribution in [3.05, 3.63) is 33.8 Å². The van der Waals surface area contributed by atoms with Crippen LogP contribution in [0.4, 0.5) is 0 Å². The molecule has 1 saturated carbocycles. The fraction of sp³-hybridized carbons (Fsp3) is 0.533. The van der Waals surface area contributed by atoms with Crippen LogP contribution >= 0.6 is 28.3 Å². The summed E-state index contributed by atoms with van der Waals surface area (Å²) in [4.78, 5) is 14.1. The zero-order chi connectivity index (χ0) is 13.2. The van der Waals surface area contributed by atoms with Gasteiger partial charge in [0, 0.05) is 17.6 Å². The van der Waals surface area contributed by atoms with Crippen LogP contribution in [-0.2, 0) is 17.8 Å². The molecule has 3 nitrogen and oxygen atoms in total. The number of benzene rings is 1. The highest BCUT2D eigenvalue weighted by Crippen LogP contribution is 2.28. The molecule has 1 heterocycles. The number of halogens is 2. The van der Waals surface area contributed by atoms with Crippen LogP contribution < -0.4 is 5.32 Å². The average Bonchev–Trinajstić information content (AvgIpc) is 3.23. The van der Waals surface area contributed by atoms with Gasteiger partial charge in [0.2, 0.25) is 5.91 Å². The van der Waals surface area contributed by atoms with Gasteiger partial charge in [-0.3, -0.25) is 4.79 Å². The van der Waals surface area contributed by atoms with E-state index in [4.69, 9.17) is 0 Å². The number of nitrogens with one attached hydrogen (secondary N) is 1. The summed E-state index contributed by atoms with van der Waals surface area (Å²) in [6.07, 6.45) is 3.60. The van der Waals surface area contributed by atoms with Crippen molar-refractivity contribution < 1.29 is 4.79 Å². The number of amides is 1. The van der Waals surface area contributed by atoms with Crippen LogP contribution in [0.1, 0.15) is 24.0 Å². The van der Waals surface area contributed by atoms with Crippen molar-refractivity contribution in [3.8, 4) is 0 Å². The quantitative estimate of drug-likeness (QED) is 0.896. The fourth-order valence-electron chi connectivity index (χ4n) is 2.59. The summed E-state index contributed by atoms with van der Waals surface area (Å²) >= 11 is 3.59. The van der Waals surface area contributed by atoms with Gasteiger partial charge in [0.25, 0.3) is 0 Å². The van der Waals surface area contributed by atoms with E-state index in [9.17, 15) is 4.79 Å². The Bertz CT molecular complexity index is 491. The zero-order valence-electron chi connectivity index (χ0n) is 11.4. The lowest BCUT2D eigenvalue weighted by atomic mass is 10.00. The van der Waals surface area contributed by atoms with E-state index in [2.05, 4.69) is 33.4 Å². The number of carbonyl (C=O) groups excluding carboxylic acids is 1. The molecule has 1 aromatic rings. The highest BCUT2D eigenvalue weighted by molar-refractivity contribution is 9.10. The standard InChI is InChI=1S/C15H19BrN2O.ClH/c16-14-3-1-2-12-10-18(7-6-13(12)14)15(19)9-17-8-11-4-5-11;/h1-3,11,17H,4-10H2;1H. The summed E-state index contributed by atoms with van der Waals surface area (Å²) in [5.41, 5.74) is 2.63. The first kappa shape index (κ1) is 15.8. The fourth-order valence-corrected chi connectivity index (χ4v) is 3.20. The van der Waals surface area contributed by atoms with Crippen molar-refractivity contribution in [2.75, 3.05) is 19.6 Å². The number of hydrogen-bond acceptors (Lipinski definition) is 2. The van der Waals surface area contributed by atoms with E-state index in [0.29, 0.717) is 6.54 Å². The summed E-state index contributed by atoms with van der Waals surface area (Å²) in [5.74, 6) is 1.05. The first-order valence-electron chi connectivity index (χ1n) is 6.99. The van der Waals surface area contributed by atoms with Gasteiger partial charge in [0.1, 0.15) is 0 Å². The predicted octanol–water partition coefficient (Wildman–Crippen LogP) is 2.76. The molecule has 0 unspecified atom stereocenters. The van der Waals surface area contributed by atoms with Gasteiger partial charge >= 0.3 is 0 Å². The minimum Gasteiger partial charge on any atom is -0.337 e. The third-order valence-electron chi connectivity index (χ3n) is 3.97. The molecule has 1 amide bonds. The Labute approximate surface area is 134 Å². The Hall–Kier alpha value is -0.580. The molecule has 0 aromatic heterocycles. The van der Waals surface area contributed by atoms with E-state index in [1.54, 1.807) is 0 Å². The van der Waals surface area contributed by atoms with E-state index in [0.717, 1.165) is 32.0 Å². The van der Waals surface area contributed by atoms with Crippen LogP contribution in [0.3, 0.4) is 0 Å². The molecule has 1 aromatic carbocycles. The second kappa shape index (κ2) is 6.92. The third-order valence-corrected chi connectivity index (χ3v) is 4.71. The Kier molecular flexibility index (Phi) is 5.47. The van der Waals surface area contributed by atoms with E-state index in [1.165, 1.54) is 28.4 Å². The molecule has 0 radical (unpaired) electrons. The van der Waals surface area contributed by atoms with E-state index < -0.39 is 0 Å². The van der Waals surface area contributed by atoms with Gasteiger partial charge in [-0.2, -0.15) is 0 Å². The van der Waals surface area contributed by atoms with E-state index in [1.807, 2.05) is 11.0 Å².